The summed E-state index contributed by atoms with van der Waals surface area (Å²) in [5.41, 5.74) is 0. The van der Waals surface area contributed by atoms with Crippen molar-refractivity contribution >= 4 is 11.8 Å². The summed E-state index contributed by atoms with van der Waals surface area (Å²) in [6.07, 6.45) is 7.90. The van der Waals surface area contributed by atoms with Crippen LogP contribution in [0.1, 0.15) is 39.5 Å². The van der Waals surface area contributed by atoms with Crippen molar-refractivity contribution in [2.24, 2.45) is 0 Å². The van der Waals surface area contributed by atoms with E-state index in [4.69, 9.17) is 0 Å². The molecule has 0 aromatic carbocycles. The Labute approximate surface area is 105 Å². The van der Waals surface area contributed by atoms with E-state index in [0.717, 1.165) is 17.3 Å². The average molecular weight is 242 g/mol. The van der Waals surface area contributed by atoms with Crippen molar-refractivity contribution in [2.75, 3.05) is 19.3 Å². The first-order valence-corrected chi connectivity index (χ1v) is 8.00. The van der Waals surface area contributed by atoms with Crippen molar-refractivity contribution in [1.82, 2.24) is 10.2 Å². The molecule has 0 bridgehead atoms. The van der Waals surface area contributed by atoms with Crippen LogP contribution in [0.3, 0.4) is 0 Å². The number of thioether (sulfide) groups is 1. The predicted molar refractivity (Wildman–Crippen MR) is 73.2 cm³/mol. The van der Waals surface area contributed by atoms with E-state index in [9.17, 15) is 0 Å². The number of rotatable bonds is 4. The molecule has 3 heteroatoms. The summed E-state index contributed by atoms with van der Waals surface area (Å²) < 4.78 is 0. The molecule has 2 fully saturated rings. The highest BCUT2D eigenvalue weighted by Gasteiger charge is 2.33. The number of hydrogen-bond donors (Lipinski definition) is 1. The SMILES string of the molecule is CSC1CCC(N2CCC(NC(C)C)C2)C1. The van der Waals surface area contributed by atoms with E-state index in [1.54, 1.807) is 0 Å². The molecule has 1 aliphatic heterocycles. The van der Waals surface area contributed by atoms with E-state index in [1.807, 2.05) is 0 Å². The maximum Gasteiger partial charge on any atom is 0.0209 e. The Morgan fingerprint density at radius 3 is 2.69 bits per heavy atom. The van der Waals surface area contributed by atoms with Gasteiger partial charge in [0.2, 0.25) is 0 Å². The molecular weight excluding hydrogens is 216 g/mol. The van der Waals surface area contributed by atoms with Gasteiger partial charge in [0.25, 0.3) is 0 Å². The number of nitrogens with one attached hydrogen (secondary N) is 1. The molecule has 1 N–H and O–H groups in total. The minimum atomic E-state index is 0.632. The number of hydrogen-bond acceptors (Lipinski definition) is 3. The van der Waals surface area contributed by atoms with E-state index >= 15 is 0 Å². The fraction of sp³-hybridized carbons (Fsp3) is 1.00. The van der Waals surface area contributed by atoms with Gasteiger partial charge in [0.1, 0.15) is 0 Å². The van der Waals surface area contributed by atoms with Crippen LogP contribution in [0.25, 0.3) is 0 Å². The Morgan fingerprint density at radius 1 is 1.25 bits per heavy atom. The second-order valence-electron chi connectivity index (χ2n) is 5.63. The number of nitrogens with zero attached hydrogens (tertiary/aromatic N) is 1. The quantitative estimate of drug-likeness (QED) is 0.814. The molecule has 0 spiro atoms. The van der Waals surface area contributed by atoms with Crippen LogP contribution in [0.5, 0.6) is 0 Å². The summed E-state index contributed by atoms with van der Waals surface area (Å²) in [4.78, 5) is 2.73. The normalized spacial score (nSPS) is 36.4. The van der Waals surface area contributed by atoms with Crippen molar-refractivity contribution in [3.05, 3.63) is 0 Å². The summed E-state index contributed by atoms with van der Waals surface area (Å²) in [6, 6.07) is 2.26. The van der Waals surface area contributed by atoms with Gasteiger partial charge in [-0.05, 0) is 31.9 Å². The second-order valence-corrected chi connectivity index (χ2v) is 6.76. The summed E-state index contributed by atoms with van der Waals surface area (Å²) in [6.45, 7) is 7.10. The Morgan fingerprint density at radius 2 is 2.06 bits per heavy atom. The molecule has 0 amide bonds. The molecule has 3 unspecified atom stereocenters. The lowest BCUT2D eigenvalue weighted by molar-refractivity contribution is 0.239. The molecule has 2 rings (SSSR count). The highest BCUT2D eigenvalue weighted by atomic mass is 32.2. The fourth-order valence-corrected chi connectivity index (χ4v) is 3.98. The van der Waals surface area contributed by atoms with Gasteiger partial charge in [-0.25, -0.2) is 0 Å². The molecule has 94 valence electrons. The standard InChI is InChI=1S/C13H26N2S/c1-10(2)14-11-6-7-15(9-11)12-4-5-13(8-12)16-3/h10-14H,4-9H2,1-3H3. The molecule has 3 atom stereocenters. The first-order chi connectivity index (χ1) is 7.69. The zero-order valence-corrected chi connectivity index (χ0v) is 11.7. The third-order valence-corrected chi connectivity index (χ3v) is 5.09. The first kappa shape index (κ1) is 12.7. The largest absolute Gasteiger partial charge is 0.310 e. The highest BCUT2D eigenvalue weighted by Crippen LogP contribution is 2.32. The average Bonchev–Trinajstić information content (AvgIpc) is 2.83. The van der Waals surface area contributed by atoms with Gasteiger partial charge in [0.15, 0.2) is 0 Å². The van der Waals surface area contributed by atoms with Crippen molar-refractivity contribution in [1.29, 1.82) is 0 Å². The molecule has 1 saturated carbocycles. The van der Waals surface area contributed by atoms with Gasteiger partial charge in [0, 0.05) is 36.5 Å². The van der Waals surface area contributed by atoms with Crippen molar-refractivity contribution in [3.8, 4) is 0 Å². The van der Waals surface area contributed by atoms with Gasteiger partial charge in [-0.2, -0.15) is 11.8 Å². The molecule has 0 radical (unpaired) electrons. The van der Waals surface area contributed by atoms with Crippen LogP contribution >= 0.6 is 11.8 Å². The predicted octanol–water partition coefficient (Wildman–Crippen LogP) is 2.34. The van der Waals surface area contributed by atoms with Crippen molar-refractivity contribution in [3.63, 3.8) is 0 Å². The number of likely N-dealkylation sites (tertiary alicyclic amines) is 1. The van der Waals surface area contributed by atoms with E-state index in [0.29, 0.717) is 6.04 Å². The van der Waals surface area contributed by atoms with Gasteiger partial charge in [-0.15, -0.1) is 0 Å². The molecule has 2 nitrogen and oxygen atoms in total. The Kier molecular flexibility index (Phi) is 4.57. The minimum absolute atomic E-state index is 0.632. The second kappa shape index (κ2) is 5.74. The van der Waals surface area contributed by atoms with Gasteiger partial charge in [-0.1, -0.05) is 13.8 Å². The lowest BCUT2D eigenvalue weighted by Crippen LogP contribution is -2.39. The van der Waals surface area contributed by atoms with Crippen molar-refractivity contribution < 1.29 is 0 Å². The van der Waals surface area contributed by atoms with Crippen LogP contribution in [0.2, 0.25) is 0 Å². The zero-order valence-electron chi connectivity index (χ0n) is 10.9. The van der Waals surface area contributed by atoms with Gasteiger partial charge >= 0.3 is 0 Å². The fourth-order valence-electron chi connectivity index (χ4n) is 3.19. The monoisotopic (exact) mass is 242 g/mol. The smallest absolute Gasteiger partial charge is 0.0209 e. The van der Waals surface area contributed by atoms with Gasteiger partial charge in [0.05, 0.1) is 0 Å². The lowest BCUT2D eigenvalue weighted by Gasteiger charge is -2.24. The maximum atomic E-state index is 3.67. The molecule has 0 aromatic rings. The highest BCUT2D eigenvalue weighted by molar-refractivity contribution is 7.99. The Bertz CT molecular complexity index is 220. The van der Waals surface area contributed by atoms with Crippen LogP contribution in [0.4, 0.5) is 0 Å². The third-order valence-electron chi connectivity index (χ3n) is 4.00. The van der Waals surface area contributed by atoms with Crippen LogP contribution in [-0.4, -0.2) is 47.6 Å². The molecule has 0 aromatic heterocycles. The lowest BCUT2D eigenvalue weighted by atomic mass is 10.2. The van der Waals surface area contributed by atoms with Crippen LogP contribution in [-0.2, 0) is 0 Å². The first-order valence-electron chi connectivity index (χ1n) is 6.72. The summed E-state index contributed by atoms with van der Waals surface area (Å²) in [7, 11) is 0. The van der Waals surface area contributed by atoms with E-state index in [-0.39, 0.29) is 0 Å². The zero-order chi connectivity index (χ0) is 11.5. The maximum absolute atomic E-state index is 3.67. The molecule has 1 heterocycles. The Balaban J connectivity index is 1.76. The van der Waals surface area contributed by atoms with Gasteiger partial charge < -0.3 is 5.32 Å². The van der Waals surface area contributed by atoms with Crippen LogP contribution in [0, 0.1) is 0 Å². The molecule has 2 aliphatic rings. The summed E-state index contributed by atoms with van der Waals surface area (Å²) >= 11 is 2.06. The van der Waals surface area contributed by atoms with Gasteiger partial charge in [-0.3, -0.25) is 4.90 Å². The molecular formula is C13H26N2S. The molecule has 16 heavy (non-hydrogen) atoms. The third kappa shape index (κ3) is 3.14. The Hall–Kier alpha value is 0.270. The van der Waals surface area contributed by atoms with Crippen LogP contribution in [0.15, 0.2) is 0 Å². The van der Waals surface area contributed by atoms with E-state index < -0.39 is 0 Å². The van der Waals surface area contributed by atoms with E-state index in [1.165, 1.54) is 38.8 Å². The summed E-state index contributed by atoms with van der Waals surface area (Å²) in [5.74, 6) is 0. The van der Waals surface area contributed by atoms with Crippen molar-refractivity contribution in [2.45, 2.75) is 62.9 Å². The van der Waals surface area contributed by atoms with E-state index in [2.05, 4.69) is 42.1 Å². The topological polar surface area (TPSA) is 15.3 Å². The minimum Gasteiger partial charge on any atom is -0.310 e. The summed E-state index contributed by atoms with van der Waals surface area (Å²) in [5, 5.41) is 4.61. The molecule has 1 saturated heterocycles. The van der Waals surface area contributed by atoms with Crippen LogP contribution < -0.4 is 5.32 Å². The molecule has 1 aliphatic carbocycles.